The molecule has 0 unspecified atom stereocenters. The number of carbonyl (C=O) groups is 2. The number of nitrogens with one attached hydrogen (secondary N) is 2. The van der Waals surface area contributed by atoms with Crippen LogP contribution >= 0.6 is 10.6 Å². The molecule has 5 aliphatic carbocycles. The Morgan fingerprint density at radius 2 is 1.58 bits per heavy atom. The molecule has 6 aliphatic rings. The number of nitrogens with zero attached hydrogens (tertiary/aromatic N) is 1. The van der Waals surface area contributed by atoms with Gasteiger partial charge in [0.1, 0.15) is 0 Å². The van der Waals surface area contributed by atoms with Crippen LogP contribution in [0.15, 0.2) is 30.3 Å². The van der Waals surface area contributed by atoms with E-state index < -0.39 is 16.6 Å². The first kappa shape index (κ1) is 36.4. The quantitative estimate of drug-likeness (QED) is 0.198. The molecule has 9 heteroatoms. The van der Waals surface area contributed by atoms with Crippen molar-refractivity contribution in [2.75, 3.05) is 44.7 Å². The minimum Gasteiger partial charge on any atom is -0.478 e. The summed E-state index contributed by atoms with van der Waals surface area (Å²) in [7, 11) is -0.586. The third-order valence-electron chi connectivity index (χ3n) is 16.4. The van der Waals surface area contributed by atoms with Gasteiger partial charge in [-0.2, -0.15) is 10.6 Å². The summed E-state index contributed by atoms with van der Waals surface area (Å²) in [5.74, 6) is 2.30. The van der Waals surface area contributed by atoms with Gasteiger partial charge in [-0.1, -0.05) is 52.8 Å². The number of carbonyl (C=O) groups excluding carboxylic acids is 1. The monoisotopic (exact) mass is 709 g/mol. The summed E-state index contributed by atoms with van der Waals surface area (Å²) in [6.45, 7) is 16.0. The third-order valence-corrected chi connectivity index (χ3v) is 18.1. The molecular formula is C41H63N3O5S. The Hall–Kier alpha value is -1.91. The smallest absolute Gasteiger partial charge is 0.335 e. The molecule has 0 aromatic heterocycles. The van der Waals surface area contributed by atoms with Gasteiger partial charge in [-0.05, 0) is 126 Å². The van der Waals surface area contributed by atoms with Crippen molar-refractivity contribution in [3.63, 3.8) is 0 Å². The Balaban J connectivity index is 1.15. The molecule has 7 rings (SSSR count). The molecule has 1 heterocycles. The average Bonchev–Trinajstić information content (AvgIpc) is 3.45. The van der Waals surface area contributed by atoms with Crippen molar-refractivity contribution in [1.82, 2.24) is 15.5 Å². The number of rotatable bonds is 7. The van der Waals surface area contributed by atoms with Crippen LogP contribution in [0.4, 0.5) is 0 Å². The molecular weight excluding hydrogens is 647 g/mol. The first-order chi connectivity index (χ1) is 23.5. The summed E-state index contributed by atoms with van der Waals surface area (Å²) in [4.78, 5) is 27.5. The molecule has 50 heavy (non-hydrogen) atoms. The van der Waals surface area contributed by atoms with Crippen molar-refractivity contribution >= 4 is 28.0 Å². The maximum Gasteiger partial charge on any atom is 0.335 e. The minimum atomic E-state index is -2.40. The highest BCUT2D eigenvalue weighted by Gasteiger charge is 2.70. The predicted octanol–water partition coefficient (Wildman–Crippen LogP) is 7.61. The molecule has 1 aliphatic heterocycles. The molecule has 1 aromatic carbocycles. The van der Waals surface area contributed by atoms with Gasteiger partial charge in [0.05, 0.1) is 17.1 Å². The van der Waals surface area contributed by atoms with Crippen molar-refractivity contribution in [3.05, 3.63) is 41.5 Å². The summed E-state index contributed by atoms with van der Waals surface area (Å²) in [5.41, 5.74) is 3.32. The van der Waals surface area contributed by atoms with Crippen LogP contribution in [0.25, 0.3) is 5.57 Å². The minimum absolute atomic E-state index is 0.0228. The molecule has 8 nitrogen and oxygen atoms in total. The number of allylic oxidation sites excluding steroid dienone is 2. The van der Waals surface area contributed by atoms with Crippen LogP contribution in [-0.4, -0.2) is 81.3 Å². The third kappa shape index (κ3) is 5.54. The lowest BCUT2D eigenvalue weighted by Crippen LogP contribution is -2.68. The molecule has 9 atom stereocenters. The van der Waals surface area contributed by atoms with Crippen LogP contribution in [0.3, 0.4) is 0 Å². The van der Waals surface area contributed by atoms with E-state index in [0.717, 1.165) is 57.4 Å². The predicted molar refractivity (Wildman–Crippen MR) is 202 cm³/mol. The summed E-state index contributed by atoms with van der Waals surface area (Å²) in [5, 5.41) is 16.7. The van der Waals surface area contributed by atoms with Gasteiger partial charge in [-0.15, -0.1) is 0 Å². The van der Waals surface area contributed by atoms with Gasteiger partial charge < -0.3 is 15.7 Å². The van der Waals surface area contributed by atoms with E-state index in [0.29, 0.717) is 40.7 Å². The van der Waals surface area contributed by atoms with Crippen molar-refractivity contribution in [1.29, 1.82) is 0 Å². The van der Waals surface area contributed by atoms with E-state index in [2.05, 4.69) is 56.2 Å². The molecule has 278 valence electrons. The second-order valence-electron chi connectivity index (χ2n) is 18.5. The van der Waals surface area contributed by atoms with Crippen molar-refractivity contribution in [3.8, 4) is 0 Å². The zero-order valence-electron chi connectivity index (χ0n) is 31.4. The highest BCUT2D eigenvalue weighted by atomic mass is 32.3. The Morgan fingerprint density at radius 3 is 2.24 bits per heavy atom. The molecule has 0 bridgehead atoms. The van der Waals surface area contributed by atoms with Crippen LogP contribution < -0.4 is 10.6 Å². The van der Waals surface area contributed by atoms with E-state index in [4.69, 9.17) is 0 Å². The lowest BCUT2D eigenvalue weighted by Gasteiger charge is -2.72. The SMILES string of the molecule is CNC(=O)[C@@H]1CC[C@]2(NCCN3CCS(O)(O)CC3)CC[C@]3(C)[C@H](CC[C@@H]4[C@@]5(C)CC=C(c6ccc(C(=O)O)cc6)C(C)(C)[C@@H]5CC[C@]43C)[C@@H]12. The van der Waals surface area contributed by atoms with E-state index in [-0.39, 0.29) is 39.0 Å². The van der Waals surface area contributed by atoms with Gasteiger partial charge in [0.2, 0.25) is 5.91 Å². The number of carboxylic acids is 1. The second-order valence-corrected chi connectivity index (χ2v) is 20.9. The lowest BCUT2D eigenvalue weighted by atomic mass is 9.33. The molecule has 5 N–H and O–H groups in total. The number of hydrogen-bond donors (Lipinski definition) is 5. The Bertz CT molecular complexity index is 1520. The fourth-order valence-electron chi connectivity index (χ4n) is 13.7. The van der Waals surface area contributed by atoms with Gasteiger partial charge in [0.25, 0.3) is 0 Å². The van der Waals surface area contributed by atoms with Crippen molar-refractivity contribution in [2.24, 2.45) is 51.2 Å². The van der Waals surface area contributed by atoms with Crippen LogP contribution in [0.2, 0.25) is 0 Å². The van der Waals surface area contributed by atoms with Crippen LogP contribution in [0.5, 0.6) is 0 Å². The maximum absolute atomic E-state index is 13.6. The molecule has 0 radical (unpaired) electrons. The summed E-state index contributed by atoms with van der Waals surface area (Å²) in [6.07, 6.45) is 12.7. The summed E-state index contributed by atoms with van der Waals surface area (Å²) in [6, 6.07) is 7.52. The zero-order valence-corrected chi connectivity index (χ0v) is 32.2. The van der Waals surface area contributed by atoms with Gasteiger partial charge in [0.15, 0.2) is 0 Å². The van der Waals surface area contributed by atoms with Gasteiger partial charge in [-0.3, -0.25) is 18.8 Å². The first-order valence-electron chi connectivity index (χ1n) is 19.5. The largest absolute Gasteiger partial charge is 0.478 e. The highest BCUT2D eigenvalue weighted by Crippen LogP contribution is 2.76. The van der Waals surface area contributed by atoms with E-state index >= 15 is 0 Å². The fourth-order valence-corrected chi connectivity index (χ4v) is 15.0. The van der Waals surface area contributed by atoms with E-state index in [1.54, 1.807) is 12.1 Å². The Kier molecular flexibility index (Phi) is 9.19. The fraction of sp³-hybridized carbons (Fsp3) is 0.756. The van der Waals surface area contributed by atoms with Crippen LogP contribution in [0, 0.1) is 51.2 Å². The average molecular weight is 710 g/mol. The number of amides is 1. The number of fused-ring (bicyclic) bond motifs is 7. The number of benzene rings is 1. The van der Waals surface area contributed by atoms with E-state index in [9.17, 15) is 23.8 Å². The van der Waals surface area contributed by atoms with Gasteiger partial charge >= 0.3 is 5.97 Å². The summed E-state index contributed by atoms with van der Waals surface area (Å²) < 4.78 is 20.2. The molecule has 1 saturated heterocycles. The number of carboxylic acid groups (broad SMARTS) is 1. The van der Waals surface area contributed by atoms with E-state index in [1.807, 2.05) is 19.2 Å². The van der Waals surface area contributed by atoms with E-state index in [1.165, 1.54) is 37.7 Å². The lowest BCUT2D eigenvalue weighted by molar-refractivity contribution is -0.220. The maximum atomic E-state index is 13.6. The zero-order chi connectivity index (χ0) is 35.9. The first-order valence-corrected chi connectivity index (χ1v) is 21.4. The molecule has 1 amide bonds. The highest BCUT2D eigenvalue weighted by molar-refractivity contribution is 8.24. The second kappa shape index (κ2) is 12.6. The van der Waals surface area contributed by atoms with Crippen molar-refractivity contribution in [2.45, 2.75) is 97.9 Å². The summed E-state index contributed by atoms with van der Waals surface area (Å²) >= 11 is 0. The topological polar surface area (TPSA) is 122 Å². The Labute approximate surface area is 302 Å². The molecule has 4 saturated carbocycles. The number of aromatic carboxylic acids is 1. The van der Waals surface area contributed by atoms with Gasteiger partial charge in [-0.25, -0.2) is 4.79 Å². The van der Waals surface area contributed by atoms with Crippen LogP contribution in [-0.2, 0) is 4.79 Å². The van der Waals surface area contributed by atoms with Gasteiger partial charge in [0, 0.05) is 44.7 Å². The Morgan fingerprint density at radius 1 is 0.880 bits per heavy atom. The number of hydrogen-bond acceptors (Lipinski definition) is 6. The normalized spacial score (nSPS) is 42.6. The molecule has 1 aromatic rings. The molecule has 5 fully saturated rings. The van der Waals surface area contributed by atoms with Crippen molar-refractivity contribution < 1.29 is 23.8 Å². The molecule has 0 spiro atoms. The standard InChI is InChI=1S/C41H63N3O5S/c1-37(2)30(27-7-9-28(10-8-27)36(46)47)14-16-38(3)32(37)15-17-40(5)33(38)12-11-31-34-29(35(45)42-6)13-18-41(34,20-19-39(31,40)4)43-21-22-44-23-25-50(48,49)26-24-44/h7-10,14,29,31-34,43,48-49H,11-13,15-26H2,1-6H3,(H,42,45)(H,46,47)/t29-,31-,32+,33-,34-,38+,39-,40-,41+/m1/s1. The van der Waals surface area contributed by atoms with Crippen LogP contribution in [0.1, 0.15) is 108 Å².